The van der Waals surface area contributed by atoms with Crippen molar-refractivity contribution in [2.45, 2.75) is 44.8 Å². The van der Waals surface area contributed by atoms with Gasteiger partial charge in [0.05, 0.1) is 0 Å². The fourth-order valence-corrected chi connectivity index (χ4v) is 2.91. The normalized spacial score (nSPS) is 22.4. The van der Waals surface area contributed by atoms with E-state index in [-0.39, 0.29) is 0 Å². The van der Waals surface area contributed by atoms with Gasteiger partial charge in [-0.1, -0.05) is 6.42 Å². The predicted octanol–water partition coefficient (Wildman–Crippen LogP) is 2.93. The molecule has 0 aromatic heterocycles. The number of nitrogens with zero attached hydrogens (tertiary/aromatic N) is 1. The number of benzene rings is 1. The first-order chi connectivity index (χ1) is 9.10. The molecule has 1 aliphatic heterocycles. The van der Waals surface area contributed by atoms with Gasteiger partial charge in [0.2, 0.25) is 0 Å². The second-order valence-corrected chi connectivity index (χ2v) is 5.39. The zero-order valence-electron chi connectivity index (χ0n) is 11.6. The van der Waals surface area contributed by atoms with Gasteiger partial charge in [-0.3, -0.25) is 4.90 Å². The molecule has 1 aliphatic rings. The quantitative estimate of drug-likeness (QED) is 0.903. The van der Waals surface area contributed by atoms with Gasteiger partial charge in [-0.15, -0.1) is 0 Å². The first-order valence-corrected chi connectivity index (χ1v) is 6.96. The first kappa shape index (κ1) is 14.4. The molecular formula is C15H22F2N2. The lowest BCUT2D eigenvalue weighted by Gasteiger charge is -2.39. The Morgan fingerprint density at radius 2 is 1.95 bits per heavy atom. The molecule has 0 radical (unpaired) electrons. The second-order valence-electron chi connectivity index (χ2n) is 5.39. The van der Waals surface area contributed by atoms with E-state index < -0.39 is 11.6 Å². The number of nitrogens with one attached hydrogen (secondary N) is 1. The van der Waals surface area contributed by atoms with Gasteiger partial charge in [0.1, 0.15) is 11.6 Å². The first-order valence-electron chi connectivity index (χ1n) is 6.96. The van der Waals surface area contributed by atoms with Crippen molar-refractivity contribution in [3.63, 3.8) is 0 Å². The minimum absolute atomic E-state index is 0.388. The molecule has 1 aromatic carbocycles. The molecule has 1 aromatic rings. The third-order valence-electron chi connectivity index (χ3n) is 4.00. The Balaban J connectivity index is 2.10. The molecule has 0 bridgehead atoms. The van der Waals surface area contributed by atoms with E-state index in [1.54, 1.807) is 0 Å². The fraction of sp³-hybridized carbons (Fsp3) is 0.600. The van der Waals surface area contributed by atoms with Gasteiger partial charge in [-0.05, 0) is 51.1 Å². The highest BCUT2D eigenvalue weighted by molar-refractivity contribution is 5.18. The molecule has 1 heterocycles. The Kier molecular flexibility index (Phi) is 4.88. The lowest BCUT2D eigenvalue weighted by molar-refractivity contribution is 0.114. The van der Waals surface area contributed by atoms with Gasteiger partial charge in [-0.25, -0.2) is 8.78 Å². The maximum Gasteiger partial charge on any atom is 0.126 e. The van der Waals surface area contributed by atoms with E-state index in [0.717, 1.165) is 25.5 Å². The van der Waals surface area contributed by atoms with Crippen LogP contribution in [0.25, 0.3) is 0 Å². The van der Waals surface area contributed by atoms with Crippen molar-refractivity contribution in [3.8, 4) is 0 Å². The summed E-state index contributed by atoms with van der Waals surface area (Å²) >= 11 is 0. The van der Waals surface area contributed by atoms with Crippen LogP contribution < -0.4 is 5.32 Å². The summed E-state index contributed by atoms with van der Waals surface area (Å²) < 4.78 is 26.5. The van der Waals surface area contributed by atoms with Crippen molar-refractivity contribution in [1.29, 1.82) is 0 Å². The molecule has 1 N–H and O–H groups in total. The van der Waals surface area contributed by atoms with Crippen molar-refractivity contribution in [2.24, 2.45) is 0 Å². The Hall–Kier alpha value is -1.00. The fourth-order valence-electron chi connectivity index (χ4n) is 2.91. The highest BCUT2D eigenvalue weighted by atomic mass is 19.1. The Bertz CT molecular complexity index is 402. The van der Waals surface area contributed by atoms with Gasteiger partial charge in [0, 0.05) is 24.7 Å². The number of piperidine rings is 1. The van der Waals surface area contributed by atoms with Crippen LogP contribution in [-0.4, -0.2) is 30.6 Å². The number of likely N-dealkylation sites (N-methyl/N-ethyl adjacent to an activating group) is 1. The molecule has 106 valence electrons. The molecule has 0 aliphatic carbocycles. The molecule has 0 spiro atoms. The largest absolute Gasteiger partial charge is 0.316 e. The van der Waals surface area contributed by atoms with Crippen molar-refractivity contribution in [3.05, 3.63) is 35.4 Å². The predicted molar refractivity (Wildman–Crippen MR) is 72.9 cm³/mol. The molecular weight excluding hydrogens is 246 g/mol. The zero-order valence-corrected chi connectivity index (χ0v) is 11.6. The molecule has 2 unspecified atom stereocenters. The average Bonchev–Trinajstić information content (AvgIpc) is 2.37. The number of hydrogen-bond donors (Lipinski definition) is 1. The zero-order chi connectivity index (χ0) is 13.8. The van der Waals surface area contributed by atoms with Crippen LogP contribution in [0.3, 0.4) is 0 Å². The second kappa shape index (κ2) is 6.44. The minimum atomic E-state index is -0.495. The van der Waals surface area contributed by atoms with Crippen molar-refractivity contribution in [2.75, 3.05) is 13.6 Å². The molecule has 2 rings (SSSR count). The van der Waals surface area contributed by atoms with Gasteiger partial charge in [0.15, 0.2) is 0 Å². The summed E-state index contributed by atoms with van der Waals surface area (Å²) in [4.78, 5) is 2.33. The van der Waals surface area contributed by atoms with E-state index in [0.29, 0.717) is 24.2 Å². The van der Waals surface area contributed by atoms with Crippen LogP contribution in [-0.2, 0) is 6.54 Å². The summed E-state index contributed by atoms with van der Waals surface area (Å²) in [6.45, 7) is 3.77. The maximum atomic E-state index is 13.2. The third kappa shape index (κ3) is 3.74. The molecule has 0 amide bonds. The molecule has 4 heteroatoms. The van der Waals surface area contributed by atoms with Crippen LogP contribution in [0.2, 0.25) is 0 Å². The van der Waals surface area contributed by atoms with E-state index in [4.69, 9.17) is 0 Å². The highest BCUT2D eigenvalue weighted by Gasteiger charge is 2.26. The van der Waals surface area contributed by atoms with Crippen LogP contribution in [0.1, 0.15) is 31.7 Å². The van der Waals surface area contributed by atoms with Crippen LogP contribution in [0, 0.1) is 11.6 Å². The lowest BCUT2D eigenvalue weighted by atomic mass is 9.96. The van der Waals surface area contributed by atoms with E-state index in [1.807, 2.05) is 7.05 Å². The van der Waals surface area contributed by atoms with Crippen molar-refractivity contribution >= 4 is 0 Å². The highest BCUT2D eigenvalue weighted by Crippen LogP contribution is 2.22. The van der Waals surface area contributed by atoms with Crippen LogP contribution in [0.5, 0.6) is 0 Å². The number of likely N-dealkylation sites (tertiary alicyclic amines) is 1. The Morgan fingerprint density at radius 1 is 1.26 bits per heavy atom. The molecule has 0 saturated carbocycles. The summed E-state index contributed by atoms with van der Waals surface area (Å²) in [6.07, 6.45) is 3.52. The summed E-state index contributed by atoms with van der Waals surface area (Å²) in [7, 11) is 1.96. The minimum Gasteiger partial charge on any atom is -0.316 e. The van der Waals surface area contributed by atoms with E-state index in [1.165, 1.54) is 18.6 Å². The van der Waals surface area contributed by atoms with E-state index in [9.17, 15) is 8.78 Å². The summed E-state index contributed by atoms with van der Waals surface area (Å²) in [6, 6.07) is 4.61. The van der Waals surface area contributed by atoms with Gasteiger partial charge >= 0.3 is 0 Å². The van der Waals surface area contributed by atoms with Crippen molar-refractivity contribution in [1.82, 2.24) is 10.2 Å². The van der Waals surface area contributed by atoms with E-state index >= 15 is 0 Å². The molecule has 2 atom stereocenters. The Labute approximate surface area is 113 Å². The number of hydrogen-bond acceptors (Lipinski definition) is 2. The monoisotopic (exact) mass is 268 g/mol. The number of rotatable bonds is 4. The standard InChI is InChI=1S/C15H22F2N2/c1-11(18-2)15-5-3-4-6-19(15)10-12-7-13(16)9-14(17)8-12/h7-9,11,15,18H,3-6,10H2,1-2H3. The summed E-state index contributed by atoms with van der Waals surface area (Å²) in [5, 5.41) is 3.28. The van der Waals surface area contributed by atoms with Gasteiger partial charge in [-0.2, -0.15) is 0 Å². The lowest BCUT2D eigenvalue weighted by Crippen LogP contribution is -2.49. The van der Waals surface area contributed by atoms with Crippen molar-refractivity contribution < 1.29 is 8.78 Å². The van der Waals surface area contributed by atoms with Gasteiger partial charge in [0.25, 0.3) is 0 Å². The summed E-state index contributed by atoms with van der Waals surface area (Å²) in [5.74, 6) is -0.990. The molecule has 1 saturated heterocycles. The van der Waals surface area contributed by atoms with E-state index in [2.05, 4.69) is 17.1 Å². The van der Waals surface area contributed by atoms with Crippen LogP contribution in [0.4, 0.5) is 8.78 Å². The SMILES string of the molecule is CNC(C)C1CCCCN1Cc1cc(F)cc(F)c1. The third-order valence-corrected chi connectivity index (χ3v) is 4.00. The molecule has 1 fully saturated rings. The number of halogens is 2. The average molecular weight is 268 g/mol. The summed E-state index contributed by atoms with van der Waals surface area (Å²) in [5.41, 5.74) is 0.715. The van der Waals surface area contributed by atoms with Crippen LogP contribution >= 0.6 is 0 Å². The topological polar surface area (TPSA) is 15.3 Å². The van der Waals surface area contributed by atoms with Crippen LogP contribution in [0.15, 0.2) is 18.2 Å². The Morgan fingerprint density at radius 3 is 2.58 bits per heavy atom. The van der Waals surface area contributed by atoms with Gasteiger partial charge < -0.3 is 5.32 Å². The molecule has 19 heavy (non-hydrogen) atoms. The maximum absolute atomic E-state index is 13.2. The smallest absolute Gasteiger partial charge is 0.126 e. The molecule has 2 nitrogen and oxygen atoms in total.